The van der Waals surface area contributed by atoms with Crippen molar-refractivity contribution in [2.45, 2.75) is 59.1 Å². The van der Waals surface area contributed by atoms with Gasteiger partial charge in [-0.1, -0.05) is 13.0 Å². The number of nitrogens with one attached hydrogen (secondary N) is 3. The van der Waals surface area contributed by atoms with Gasteiger partial charge in [0, 0.05) is 49.7 Å². The number of hydrogen-bond acceptors (Lipinski definition) is 8. The zero-order valence-corrected chi connectivity index (χ0v) is 24.8. The molecule has 0 aromatic carbocycles. The Kier molecular flexibility index (Phi) is 12.2. The number of aromatic nitrogens is 1. The molecule has 0 unspecified atom stereocenters. The molecule has 0 aliphatic carbocycles. The average molecular weight is 575 g/mol. The predicted octanol–water partition coefficient (Wildman–Crippen LogP) is 4.78. The number of pyridine rings is 1. The molecule has 0 spiro atoms. The number of nitrogens with zero attached hydrogens (tertiary/aromatic N) is 3. The Balaban J connectivity index is 1.55. The molecule has 1 saturated heterocycles. The van der Waals surface area contributed by atoms with Gasteiger partial charge in [0.05, 0.1) is 24.6 Å². The lowest BCUT2D eigenvalue weighted by Crippen LogP contribution is -2.41. The quantitative estimate of drug-likeness (QED) is 0.312. The van der Waals surface area contributed by atoms with E-state index in [1.807, 2.05) is 13.0 Å². The number of carbonyl (C=O) groups is 3. The number of morpholine rings is 1. The average Bonchev–Trinajstić information content (AvgIpc) is 3.34. The third-order valence-electron chi connectivity index (χ3n) is 6.05. The van der Waals surface area contributed by atoms with Crippen molar-refractivity contribution in [3.8, 4) is 0 Å². The fourth-order valence-electron chi connectivity index (χ4n) is 4.02. The Hall–Kier alpha value is -3.22. The molecule has 0 atom stereocenters. The molecule has 3 N–H and O–H groups in total. The molecule has 1 aliphatic rings. The molecular formula is C28H42N6O5S. The minimum Gasteiger partial charge on any atom is -0.444 e. The number of unbranched alkanes of at least 4 members (excludes halogenated alkanes) is 1. The topological polar surface area (TPSA) is 125 Å². The van der Waals surface area contributed by atoms with Crippen LogP contribution in [0, 0.1) is 0 Å². The lowest BCUT2D eigenvalue weighted by molar-refractivity contribution is 0.0369. The zero-order chi connectivity index (χ0) is 29.0. The summed E-state index contributed by atoms with van der Waals surface area (Å²) in [6.45, 7) is 13.5. The smallest absolute Gasteiger partial charge is 0.412 e. The molecule has 220 valence electrons. The van der Waals surface area contributed by atoms with Crippen LogP contribution in [0.5, 0.6) is 0 Å². The minimum atomic E-state index is -0.635. The fraction of sp³-hybridized carbons (Fsp3) is 0.571. The van der Waals surface area contributed by atoms with Crippen LogP contribution >= 0.6 is 11.3 Å². The molecule has 0 bridgehead atoms. The van der Waals surface area contributed by atoms with E-state index in [0.29, 0.717) is 31.0 Å². The van der Waals surface area contributed by atoms with Crippen molar-refractivity contribution in [3.05, 3.63) is 40.3 Å². The Morgan fingerprint density at radius 3 is 2.48 bits per heavy atom. The molecule has 2 aromatic rings. The lowest BCUT2D eigenvalue weighted by Gasteiger charge is -2.27. The predicted molar refractivity (Wildman–Crippen MR) is 157 cm³/mol. The summed E-state index contributed by atoms with van der Waals surface area (Å²) in [6.07, 6.45) is 3.78. The molecule has 1 aliphatic heterocycles. The van der Waals surface area contributed by atoms with Crippen LogP contribution in [0.3, 0.4) is 0 Å². The van der Waals surface area contributed by atoms with Gasteiger partial charge in [0.2, 0.25) is 0 Å². The van der Waals surface area contributed by atoms with Gasteiger partial charge in [0.15, 0.2) is 0 Å². The Morgan fingerprint density at radius 1 is 1.10 bits per heavy atom. The Morgan fingerprint density at radius 2 is 1.82 bits per heavy atom. The van der Waals surface area contributed by atoms with E-state index in [2.05, 4.69) is 25.8 Å². The number of hydrogen-bond donors (Lipinski definition) is 3. The highest BCUT2D eigenvalue weighted by molar-refractivity contribution is 7.09. The molecule has 3 rings (SSSR count). The SMILES string of the molecule is CCCNC(=O)N(CCCCN1CCOCC1)Cc1ccc(C(=O)Nc2cscc2NC(=O)OC(C)(C)C)nc1. The first-order chi connectivity index (χ1) is 19.1. The maximum absolute atomic E-state index is 12.8. The van der Waals surface area contributed by atoms with E-state index >= 15 is 0 Å². The van der Waals surface area contributed by atoms with Gasteiger partial charge in [-0.25, -0.2) is 9.59 Å². The van der Waals surface area contributed by atoms with Gasteiger partial charge >= 0.3 is 12.1 Å². The van der Waals surface area contributed by atoms with Crippen LogP contribution in [0.15, 0.2) is 29.1 Å². The Bertz CT molecular complexity index is 1100. The largest absolute Gasteiger partial charge is 0.444 e. The van der Waals surface area contributed by atoms with E-state index in [0.717, 1.165) is 57.7 Å². The molecule has 2 aromatic heterocycles. The van der Waals surface area contributed by atoms with Gasteiger partial charge in [0.25, 0.3) is 5.91 Å². The molecule has 40 heavy (non-hydrogen) atoms. The van der Waals surface area contributed by atoms with E-state index in [4.69, 9.17) is 9.47 Å². The van der Waals surface area contributed by atoms with Gasteiger partial charge < -0.3 is 25.0 Å². The zero-order valence-electron chi connectivity index (χ0n) is 24.0. The van der Waals surface area contributed by atoms with Crippen molar-refractivity contribution in [2.24, 2.45) is 0 Å². The first-order valence-corrected chi connectivity index (χ1v) is 14.7. The van der Waals surface area contributed by atoms with Crippen molar-refractivity contribution in [1.29, 1.82) is 0 Å². The molecular weight excluding hydrogens is 532 g/mol. The van der Waals surface area contributed by atoms with Gasteiger partial charge in [-0.3, -0.25) is 20.0 Å². The third kappa shape index (κ3) is 10.7. The highest BCUT2D eigenvalue weighted by atomic mass is 32.1. The number of rotatable bonds is 12. The van der Waals surface area contributed by atoms with Crippen molar-refractivity contribution in [1.82, 2.24) is 20.1 Å². The molecule has 0 saturated carbocycles. The van der Waals surface area contributed by atoms with Gasteiger partial charge in [0.1, 0.15) is 11.3 Å². The van der Waals surface area contributed by atoms with E-state index in [9.17, 15) is 14.4 Å². The van der Waals surface area contributed by atoms with Crippen molar-refractivity contribution >= 4 is 40.7 Å². The number of thiophene rings is 1. The molecule has 0 radical (unpaired) electrons. The second-order valence-electron chi connectivity index (χ2n) is 10.6. The molecule has 4 amide bonds. The summed E-state index contributed by atoms with van der Waals surface area (Å²) in [6, 6.07) is 3.35. The number of carbonyl (C=O) groups excluding carboxylic acids is 3. The molecule has 11 nitrogen and oxygen atoms in total. The number of amides is 4. The van der Waals surface area contributed by atoms with Crippen LogP contribution in [0.2, 0.25) is 0 Å². The van der Waals surface area contributed by atoms with Crippen molar-refractivity contribution in [3.63, 3.8) is 0 Å². The first kappa shape index (κ1) is 31.3. The van der Waals surface area contributed by atoms with E-state index in [-0.39, 0.29) is 11.7 Å². The fourth-order valence-corrected chi connectivity index (χ4v) is 4.73. The monoisotopic (exact) mass is 574 g/mol. The maximum Gasteiger partial charge on any atom is 0.412 e. The second-order valence-corrected chi connectivity index (χ2v) is 11.4. The summed E-state index contributed by atoms with van der Waals surface area (Å²) in [5.41, 5.74) is 1.34. The Labute approximate surface area is 240 Å². The van der Waals surface area contributed by atoms with E-state index in [1.54, 1.807) is 48.7 Å². The van der Waals surface area contributed by atoms with Crippen LogP contribution in [0.25, 0.3) is 0 Å². The molecule has 1 fully saturated rings. The summed E-state index contributed by atoms with van der Waals surface area (Å²) >= 11 is 1.34. The van der Waals surface area contributed by atoms with Gasteiger partial charge in [-0.2, -0.15) is 0 Å². The van der Waals surface area contributed by atoms with E-state index in [1.165, 1.54) is 11.3 Å². The number of anilines is 2. The summed E-state index contributed by atoms with van der Waals surface area (Å²) in [4.78, 5) is 46.3. The first-order valence-electron chi connectivity index (χ1n) is 13.8. The summed E-state index contributed by atoms with van der Waals surface area (Å²) in [5, 5.41) is 11.9. The highest BCUT2D eigenvalue weighted by Gasteiger charge is 2.19. The van der Waals surface area contributed by atoms with Gasteiger partial charge in [-0.15, -0.1) is 11.3 Å². The van der Waals surface area contributed by atoms with Gasteiger partial charge in [-0.05, 0) is 58.2 Å². The van der Waals surface area contributed by atoms with Crippen LogP contribution in [-0.2, 0) is 16.0 Å². The lowest BCUT2D eigenvalue weighted by atomic mass is 10.2. The van der Waals surface area contributed by atoms with Crippen LogP contribution in [-0.4, -0.2) is 84.4 Å². The van der Waals surface area contributed by atoms with Crippen LogP contribution < -0.4 is 16.0 Å². The standard InChI is InChI=1S/C28H42N6O5S/c1-5-10-29-26(36)34(12-7-6-11-33-13-15-38-16-14-33)18-21-8-9-22(30-17-21)25(35)31-23-19-40-20-24(23)32-27(37)39-28(2,3)4/h8-9,17,19-20H,5-7,10-16,18H2,1-4H3,(H,29,36)(H,31,35)(H,32,37). The maximum atomic E-state index is 12.8. The van der Waals surface area contributed by atoms with E-state index < -0.39 is 17.6 Å². The highest BCUT2D eigenvalue weighted by Crippen LogP contribution is 2.27. The third-order valence-corrected chi connectivity index (χ3v) is 6.79. The molecule has 12 heteroatoms. The minimum absolute atomic E-state index is 0.0995. The number of urea groups is 1. The second kappa shape index (κ2) is 15.5. The molecule has 3 heterocycles. The summed E-state index contributed by atoms with van der Waals surface area (Å²) in [5.74, 6) is -0.405. The summed E-state index contributed by atoms with van der Waals surface area (Å²) < 4.78 is 10.7. The number of ether oxygens (including phenoxy) is 2. The summed E-state index contributed by atoms with van der Waals surface area (Å²) in [7, 11) is 0. The van der Waals surface area contributed by atoms with Crippen LogP contribution in [0.4, 0.5) is 21.0 Å². The van der Waals surface area contributed by atoms with Crippen molar-refractivity contribution < 1.29 is 23.9 Å². The van der Waals surface area contributed by atoms with Crippen molar-refractivity contribution in [2.75, 3.05) is 56.6 Å². The normalized spacial score (nSPS) is 13.9. The van der Waals surface area contributed by atoms with Crippen LogP contribution in [0.1, 0.15) is 63.0 Å².